The molecule has 0 saturated carbocycles. The molecule has 1 heterocycles. The predicted molar refractivity (Wildman–Crippen MR) is 35.2 cm³/mol. The minimum Gasteiger partial charge on any atom is -0.353 e. The first-order valence-electron chi connectivity index (χ1n) is 3.53. The second-order valence-corrected chi connectivity index (χ2v) is 2.27. The molecule has 0 bridgehead atoms. The molecule has 3 nitrogen and oxygen atoms in total. The van der Waals surface area contributed by atoms with Crippen LogP contribution in [0.25, 0.3) is 0 Å². The lowest BCUT2D eigenvalue weighted by Gasteiger charge is -2.21. The third kappa shape index (κ3) is 2.34. The number of ether oxygens (including phenoxy) is 2. The second-order valence-electron chi connectivity index (χ2n) is 2.27. The van der Waals surface area contributed by atoms with Crippen LogP contribution >= 0.6 is 0 Å². The van der Waals surface area contributed by atoms with Crippen LogP contribution in [0, 0.1) is 11.3 Å². The van der Waals surface area contributed by atoms with Crippen molar-refractivity contribution in [2.45, 2.75) is 25.6 Å². The van der Waals surface area contributed by atoms with E-state index in [1.807, 2.05) is 6.07 Å². The summed E-state index contributed by atoms with van der Waals surface area (Å²) in [6.07, 6.45) is 3.08. The largest absolute Gasteiger partial charge is 0.353 e. The molecule has 0 aromatic rings. The maximum Gasteiger partial charge on any atom is 0.158 e. The highest BCUT2D eigenvalue weighted by atomic mass is 16.7. The van der Waals surface area contributed by atoms with Gasteiger partial charge >= 0.3 is 0 Å². The van der Waals surface area contributed by atoms with Gasteiger partial charge in [-0.1, -0.05) is 0 Å². The summed E-state index contributed by atoms with van der Waals surface area (Å²) in [5.74, 6) is 0. The predicted octanol–water partition coefficient (Wildman–Crippen LogP) is 1.05. The van der Waals surface area contributed by atoms with Gasteiger partial charge in [0.1, 0.15) is 6.61 Å². The van der Waals surface area contributed by atoms with E-state index in [1.54, 1.807) is 0 Å². The lowest BCUT2D eigenvalue weighted by Crippen LogP contribution is -2.22. The lowest BCUT2D eigenvalue weighted by molar-refractivity contribution is -0.154. The van der Waals surface area contributed by atoms with Crippen LogP contribution in [-0.2, 0) is 9.47 Å². The van der Waals surface area contributed by atoms with Crippen LogP contribution < -0.4 is 0 Å². The highest BCUT2D eigenvalue weighted by Crippen LogP contribution is 2.12. The quantitative estimate of drug-likeness (QED) is 0.577. The lowest BCUT2D eigenvalue weighted by atomic mass is 10.2. The van der Waals surface area contributed by atoms with Gasteiger partial charge in [-0.05, 0) is 19.3 Å². The van der Waals surface area contributed by atoms with Crippen LogP contribution in [0.3, 0.4) is 0 Å². The first-order chi connectivity index (χ1) is 4.93. The molecule has 1 rings (SSSR count). The Morgan fingerprint density at radius 2 is 2.50 bits per heavy atom. The zero-order valence-electron chi connectivity index (χ0n) is 5.88. The van der Waals surface area contributed by atoms with Gasteiger partial charge in [-0.2, -0.15) is 5.26 Å². The summed E-state index contributed by atoms with van der Waals surface area (Å²) in [5.41, 5.74) is 0. The fraction of sp³-hybridized carbons (Fsp3) is 0.857. The topological polar surface area (TPSA) is 42.2 Å². The summed E-state index contributed by atoms with van der Waals surface area (Å²) in [7, 11) is 0. The summed E-state index contributed by atoms with van der Waals surface area (Å²) < 4.78 is 10.3. The summed E-state index contributed by atoms with van der Waals surface area (Å²) in [6.45, 7) is 0.917. The summed E-state index contributed by atoms with van der Waals surface area (Å²) in [5, 5.41) is 8.17. The molecule has 0 aromatic heterocycles. The van der Waals surface area contributed by atoms with Crippen LogP contribution in [0.15, 0.2) is 0 Å². The monoisotopic (exact) mass is 141 g/mol. The normalized spacial score (nSPS) is 25.7. The van der Waals surface area contributed by atoms with E-state index in [-0.39, 0.29) is 12.9 Å². The third-order valence-corrected chi connectivity index (χ3v) is 1.47. The van der Waals surface area contributed by atoms with Gasteiger partial charge in [0.15, 0.2) is 6.29 Å². The van der Waals surface area contributed by atoms with Crippen LogP contribution in [-0.4, -0.2) is 19.5 Å². The van der Waals surface area contributed by atoms with Crippen molar-refractivity contribution >= 4 is 0 Å². The van der Waals surface area contributed by atoms with Gasteiger partial charge < -0.3 is 9.47 Å². The molecule has 0 aromatic carbocycles. The maximum atomic E-state index is 8.17. The molecule has 0 spiro atoms. The molecule has 1 unspecified atom stereocenters. The molecule has 1 aliphatic heterocycles. The Labute approximate surface area is 60.5 Å². The van der Waals surface area contributed by atoms with Crippen molar-refractivity contribution in [3.8, 4) is 6.07 Å². The van der Waals surface area contributed by atoms with Crippen LogP contribution in [0.1, 0.15) is 19.3 Å². The molecule has 1 saturated heterocycles. The van der Waals surface area contributed by atoms with Crippen LogP contribution in [0.2, 0.25) is 0 Å². The van der Waals surface area contributed by atoms with E-state index in [4.69, 9.17) is 14.7 Å². The zero-order chi connectivity index (χ0) is 7.23. The fourth-order valence-electron chi connectivity index (χ4n) is 0.973. The summed E-state index contributed by atoms with van der Waals surface area (Å²) in [6, 6.07) is 1.91. The smallest absolute Gasteiger partial charge is 0.158 e. The van der Waals surface area contributed by atoms with E-state index >= 15 is 0 Å². The molecule has 56 valence electrons. The van der Waals surface area contributed by atoms with Gasteiger partial charge in [0.25, 0.3) is 0 Å². The van der Waals surface area contributed by atoms with Crippen molar-refractivity contribution in [1.29, 1.82) is 5.26 Å². The van der Waals surface area contributed by atoms with E-state index in [1.165, 1.54) is 0 Å². The van der Waals surface area contributed by atoms with E-state index < -0.39 is 0 Å². The molecule has 0 aliphatic carbocycles. The van der Waals surface area contributed by atoms with Crippen LogP contribution in [0.5, 0.6) is 0 Å². The Kier molecular flexibility index (Phi) is 3.20. The Morgan fingerprint density at radius 3 is 3.10 bits per heavy atom. The molecule has 1 fully saturated rings. The number of nitriles is 1. The molecule has 10 heavy (non-hydrogen) atoms. The zero-order valence-corrected chi connectivity index (χ0v) is 5.88. The number of hydrogen-bond donors (Lipinski definition) is 0. The van der Waals surface area contributed by atoms with Crippen molar-refractivity contribution in [3.05, 3.63) is 0 Å². The molecule has 0 radical (unpaired) electrons. The molecular formula is C7H11NO2. The maximum absolute atomic E-state index is 8.17. The summed E-state index contributed by atoms with van der Waals surface area (Å²) >= 11 is 0. The molecule has 1 atom stereocenters. The van der Waals surface area contributed by atoms with Gasteiger partial charge in [-0.25, -0.2) is 0 Å². The van der Waals surface area contributed by atoms with E-state index in [2.05, 4.69) is 0 Å². The van der Waals surface area contributed by atoms with Crippen molar-refractivity contribution in [2.75, 3.05) is 13.2 Å². The molecular weight excluding hydrogens is 130 g/mol. The molecule has 0 N–H and O–H groups in total. The van der Waals surface area contributed by atoms with Gasteiger partial charge in [-0.15, -0.1) is 0 Å². The van der Waals surface area contributed by atoms with Crippen molar-refractivity contribution in [3.63, 3.8) is 0 Å². The molecule has 0 amide bonds. The number of hydrogen-bond acceptors (Lipinski definition) is 3. The molecule has 1 aliphatic rings. The Balaban J connectivity index is 2.09. The Bertz CT molecular complexity index is 124. The molecule has 3 heteroatoms. The van der Waals surface area contributed by atoms with Gasteiger partial charge in [-0.3, -0.25) is 0 Å². The van der Waals surface area contributed by atoms with Gasteiger partial charge in [0.05, 0.1) is 6.07 Å². The van der Waals surface area contributed by atoms with Gasteiger partial charge in [0, 0.05) is 6.61 Å². The van der Waals surface area contributed by atoms with Crippen molar-refractivity contribution < 1.29 is 9.47 Å². The highest BCUT2D eigenvalue weighted by Gasteiger charge is 2.12. The van der Waals surface area contributed by atoms with Crippen LogP contribution in [0.4, 0.5) is 0 Å². The van der Waals surface area contributed by atoms with Gasteiger partial charge in [0.2, 0.25) is 0 Å². The third-order valence-electron chi connectivity index (χ3n) is 1.47. The Morgan fingerprint density at radius 1 is 1.60 bits per heavy atom. The number of rotatable bonds is 2. The average Bonchev–Trinajstić information content (AvgIpc) is 2.03. The Hall–Kier alpha value is -0.590. The van der Waals surface area contributed by atoms with E-state index in [0.717, 1.165) is 25.9 Å². The van der Waals surface area contributed by atoms with E-state index in [0.29, 0.717) is 0 Å². The SMILES string of the molecule is N#CCOC1CCCCO1. The minimum absolute atomic E-state index is 0.117. The first-order valence-corrected chi connectivity index (χ1v) is 3.53. The van der Waals surface area contributed by atoms with E-state index in [9.17, 15) is 0 Å². The summed E-state index contributed by atoms with van der Waals surface area (Å²) in [4.78, 5) is 0. The average molecular weight is 141 g/mol. The van der Waals surface area contributed by atoms with Crippen molar-refractivity contribution in [1.82, 2.24) is 0 Å². The minimum atomic E-state index is -0.117. The standard InChI is InChI=1S/C7H11NO2/c8-4-6-10-7-3-1-2-5-9-7/h7H,1-3,5-6H2. The highest BCUT2D eigenvalue weighted by molar-refractivity contribution is 4.67. The first kappa shape index (κ1) is 7.52. The van der Waals surface area contributed by atoms with Crippen molar-refractivity contribution in [2.24, 2.45) is 0 Å². The second kappa shape index (κ2) is 4.26. The fourth-order valence-corrected chi connectivity index (χ4v) is 0.973. The number of nitrogens with zero attached hydrogens (tertiary/aromatic N) is 1.